The summed E-state index contributed by atoms with van der Waals surface area (Å²) < 4.78 is 5.31. The number of ether oxygens (including phenoxy) is 1. The molecule has 2 heterocycles. The lowest BCUT2D eigenvalue weighted by molar-refractivity contribution is 0.105. The van der Waals surface area contributed by atoms with E-state index in [0.717, 1.165) is 21.3 Å². The standard InChI is InChI=1S/C17H13NO2S/c1-20-17-13(8-9-15(19)16-7-4-10-21-16)11-12-5-2-3-6-14(12)18-17/h2-11H,1H3/b9-8+. The van der Waals surface area contributed by atoms with Gasteiger partial charge in [0.25, 0.3) is 0 Å². The van der Waals surface area contributed by atoms with Crippen LogP contribution in [0.4, 0.5) is 0 Å². The number of benzene rings is 1. The average Bonchev–Trinajstić information content (AvgIpc) is 3.06. The number of para-hydroxylation sites is 1. The summed E-state index contributed by atoms with van der Waals surface area (Å²) in [6.07, 6.45) is 3.31. The molecule has 1 aromatic carbocycles. The second-order valence-corrected chi connectivity index (χ2v) is 5.40. The van der Waals surface area contributed by atoms with Crippen LogP contribution >= 0.6 is 11.3 Å². The maximum Gasteiger partial charge on any atom is 0.221 e. The Morgan fingerprint density at radius 3 is 2.86 bits per heavy atom. The first-order chi connectivity index (χ1) is 10.3. The Balaban J connectivity index is 1.97. The molecule has 2 aromatic heterocycles. The number of carbonyl (C=O) groups excluding carboxylic acids is 1. The summed E-state index contributed by atoms with van der Waals surface area (Å²) in [6, 6.07) is 13.5. The van der Waals surface area contributed by atoms with Gasteiger partial charge in [0.05, 0.1) is 17.5 Å². The Morgan fingerprint density at radius 2 is 2.10 bits per heavy atom. The molecule has 3 aromatic rings. The highest BCUT2D eigenvalue weighted by molar-refractivity contribution is 7.12. The largest absolute Gasteiger partial charge is 0.481 e. The van der Waals surface area contributed by atoms with Crippen LogP contribution in [0.1, 0.15) is 15.2 Å². The first kappa shape index (κ1) is 13.5. The van der Waals surface area contributed by atoms with Crippen LogP contribution in [0.2, 0.25) is 0 Å². The summed E-state index contributed by atoms with van der Waals surface area (Å²) in [4.78, 5) is 17.2. The number of fused-ring (bicyclic) bond motifs is 1. The van der Waals surface area contributed by atoms with Crippen molar-refractivity contribution in [2.75, 3.05) is 7.11 Å². The van der Waals surface area contributed by atoms with Gasteiger partial charge in [0.2, 0.25) is 5.88 Å². The van der Waals surface area contributed by atoms with Crippen LogP contribution in [0, 0.1) is 0 Å². The number of methoxy groups -OCH3 is 1. The first-order valence-corrected chi connectivity index (χ1v) is 7.35. The predicted octanol–water partition coefficient (Wildman–Crippen LogP) is 4.20. The van der Waals surface area contributed by atoms with Gasteiger partial charge in [-0.2, -0.15) is 0 Å². The molecule has 0 saturated heterocycles. The number of ketones is 1. The van der Waals surface area contributed by atoms with Gasteiger partial charge < -0.3 is 4.74 Å². The zero-order valence-corrected chi connectivity index (χ0v) is 12.3. The van der Waals surface area contributed by atoms with Crippen molar-refractivity contribution in [3.05, 3.63) is 64.4 Å². The second-order valence-electron chi connectivity index (χ2n) is 4.45. The van der Waals surface area contributed by atoms with E-state index in [1.165, 1.54) is 11.3 Å². The summed E-state index contributed by atoms with van der Waals surface area (Å²) in [5, 5.41) is 2.90. The molecule has 0 unspecified atom stereocenters. The minimum atomic E-state index is -0.0137. The molecule has 0 aliphatic carbocycles. The molecule has 0 amide bonds. The van der Waals surface area contributed by atoms with Crippen LogP contribution in [-0.2, 0) is 0 Å². The Morgan fingerprint density at radius 1 is 1.24 bits per heavy atom. The van der Waals surface area contributed by atoms with E-state index in [1.54, 1.807) is 19.3 Å². The lowest BCUT2D eigenvalue weighted by Crippen LogP contribution is -1.93. The van der Waals surface area contributed by atoms with Gasteiger partial charge in [0.15, 0.2) is 5.78 Å². The van der Waals surface area contributed by atoms with Crippen LogP contribution < -0.4 is 4.74 Å². The van der Waals surface area contributed by atoms with Crippen LogP contribution in [0.15, 0.2) is 53.9 Å². The number of aromatic nitrogens is 1. The van der Waals surface area contributed by atoms with Gasteiger partial charge in [0.1, 0.15) is 0 Å². The van der Waals surface area contributed by atoms with Crippen molar-refractivity contribution in [2.24, 2.45) is 0 Å². The number of carbonyl (C=O) groups is 1. The zero-order valence-electron chi connectivity index (χ0n) is 11.4. The summed E-state index contributed by atoms with van der Waals surface area (Å²) >= 11 is 1.43. The number of thiophene rings is 1. The van der Waals surface area contributed by atoms with Crippen molar-refractivity contribution in [1.82, 2.24) is 4.98 Å². The molecule has 0 spiro atoms. The summed E-state index contributed by atoms with van der Waals surface area (Å²) in [7, 11) is 1.58. The van der Waals surface area contributed by atoms with Gasteiger partial charge in [-0.05, 0) is 35.7 Å². The number of allylic oxidation sites excluding steroid dienone is 1. The molecule has 0 N–H and O–H groups in total. The highest BCUT2D eigenvalue weighted by Crippen LogP contribution is 2.23. The Labute approximate surface area is 126 Å². The SMILES string of the molecule is COc1nc2ccccc2cc1/C=C/C(=O)c1cccs1. The van der Waals surface area contributed by atoms with Crippen LogP contribution in [0.5, 0.6) is 5.88 Å². The minimum Gasteiger partial charge on any atom is -0.481 e. The highest BCUT2D eigenvalue weighted by Gasteiger charge is 2.06. The van der Waals surface area contributed by atoms with Crippen molar-refractivity contribution in [1.29, 1.82) is 0 Å². The molecule has 0 aliphatic heterocycles. The van der Waals surface area contributed by atoms with Gasteiger partial charge in [-0.25, -0.2) is 4.98 Å². The first-order valence-electron chi connectivity index (χ1n) is 6.47. The third-order valence-electron chi connectivity index (χ3n) is 3.09. The molecule has 4 heteroatoms. The fourth-order valence-electron chi connectivity index (χ4n) is 2.06. The van der Waals surface area contributed by atoms with E-state index in [4.69, 9.17) is 4.74 Å². The molecule has 3 nitrogen and oxygen atoms in total. The van der Waals surface area contributed by atoms with Gasteiger partial charge in [-0.3, -0.25) is 4.79 Å². The summed E-state index contributed by atoms with van der Waals surface area (Å²) in [6.45, 7) is 0. The van der Waals surface area contributed by atoms with E-state index in [-0.39, 0.29) is 5.78 Å². The second kappa shape index (κ2) is 5.89. The van der Waals surface area contributed by atoms with Crippen molar-refractivity contribution in [2.45, 2.75) is 0 Å². The monoisotopic (exact) mass is 295 g/mol. The number of hydrogen-bond acceptors (Lipinski definition) is 4. The van der Waals surface area contributed by atoms with Crippen LogP contribution in [-0.4, -0.2) is 17.9 Å². The average molecular weight is 295 g/mol. The Kier molecular flexibility index (Phi) is 3.79. The number of pyridine rings is 1. The molecule has 3 rings (SSSR count). The fourth-order valence-corrected chi connectivity index (χ4v) is 2.71. The van der Waals surface area contributed by atoms with Gasteiger partial charge in [-0.1, -0.05) is 24.3 Å². The van der Waals surface area contributed by atoms with Gasteiger partial charge in [0, 0.05) is 10.9 Å². The van der Waals surface area contributed by atoms with E-state index in [9.17, 15) is 4.79 Å². The van der Waals surface area contributed by atoms with Crippen molar-refractivity contribution >= 4 is 34.1 Å². The summed E-state index contributed by atoms with van der Waals surface area (Å²) in [5.41, 5.74) is 1.66. The molecule has 0 bridgehead atoms. The predicted molar refractivity (Wildman–Crippen MR) is 86.0 cm³/mol. The number of hydrogen-bond donors (Lipinski definition) is 0. The molecular weight excluding hydrogens is 282 g/mol. The quantitative estimate of drug-likeness (QED) is 0.535. The Bertz CT molecular complexity index is 807. The topological polar surface area (TPSA) is 39.2 Å². The molecule has 0 aliphatic rings. The third-order valence-corrected chi connectivity index (χ3v) is 3.97. The molecule has 0 atom stereocenters. The van der Waals surface area contributed by atoms with E-state index < -0.39 is 0 Å². The normalized spacial score (nSPS) is 11.1. The fraction of sp³-hybridized carbons (Fsp3) is 0.0588. The lowest BCUT2D eigenvalue weighted by atomic mass is 10.1. The van der Waals surface area contributed by atoms with E-state index >= 15 is 0 Å². The van der Waals surface area contributed by atoms with Crippen molar-refractivity contribution in [3.8, 4) is 5.88 Å². The highest BCUT2D eigenvalue weighted by atomic mass is 32.1. The van der Waals surface area contributed by atoms with Crippen molar-refractivity contribution < 1.29 is 9.53 Å². The Hall–Kier alpha value is -2.46. The minimum absolute atomic E-state index is 0.0137. The number of nitrogens with zero attached hydrogens (tertiary/aromatic N) is 1. The van der Waals surface area contributed by atoms with E-state index in [2.05, 4.69) is 4.98 Å². The lowest BCUT2D eigenvalue weighted by Gasteiger charge is -2.05. The van der Waals surface area contributed by atoms with Gasteiger partial charge >= 0.3 is 0 Å². The van der Waals surface area contributed by atoms with Crippen LogP contribution in [0.25, 0.3) is 17.0 Å². The molecule has 0 saturated carbocycles. The van der Waals surface area contributed by atoms with E-state index in [0.29, 0.717) is 5.88 Å². The maximum absolute atomic E-state index is 12.0. The summed E-state index contributed by atoms with van der Waals surface area (Å²) in [5.74, 6) is 0.504. The smallest absolute Gasteiger partial charge is 0.221 e. The van der Waals surface area contributed by atoms with Crippen molar-refractivity contribution in [3.63, 3.8) is 0 Å². The van der Waals surface area contributed by atoms with Crippen LogP contribution in [0.3, 0.4) is 0 Å². The van der Waals surface area contributed by atoms with Gasteiger partial charge in [-0.15, -0.1) is 11.3 Å². The molecule has 0 radical (unpaired) electrons. The zero-order chi connectivity index (χ0) is 14.7. The molecule has 21 heavy (non-hydrogen) atoms. The maximum atomic E-state index is 12.0. The molecule has 0 fully saturated rings. The van der Waals surface area contributed by atoms with E-state index in [1.807, 2.05) is 47.8 Å². The number of rotatable bonds is 4. The third kappa shape index (κ3) is 2.85. The molecular formula is C17H13NO2S. The molecule has 104 valence electrons.